The molecule has 1 aliphatic heterocycles. The number of nitrogens with two attached hydrogens (primary N) is 1. The molecule has 0 radical (unpaired) electrons. The van der Waals surface area contributed by atoms with E-state index in [2.05, 4.69) is 47.9 Å². The number of hydrogen-bond acceptors (Lipinski definition) is 3. The third-order valence-corrected chi connectivity index (χ3v) is 4.63. The molecule has 1 aromatic carbocycles. The number of rotatable bonds is 4. The molecule has 2 rings (SSSR count). The van der Waals surface area contributed by atoms with Crippen LogP contribution in [-0.2, 0) is 0 Å². The van der Waals surface area contributed by atoms with Crippen molar-refractivity contribution in [3.63, 3.8) is 0 Å². The number of thioether (sulfide) groups is 1. The minimum absolute atomic E-state index is 0.182. The first-order chi connectivity index (χ1) is 8.75. The molecule has 2 nitrogen and oxygen atoms in total. The van der Waals surface area contributed by atoms with Crippen LogP contribution in [0.2, 0.25) is 0 Å². The fourth-order valence-corrected chi connectivity index (χ4v) is 3.25. The maximum Gasteiger partial charge on any atom is 0.0307 e. The predicted molar refractivity (Wildman–Crippen MR) is 81.1 cm³/mol. The first-order valence-corrected chi connectivity index (χ1v) is 8.03. The highest BCUT2D eigenvalue weighted by Gasteiger charge is 2.11. The molecule has 0 bridgehead atoms. The Kier molecular flexibility index (Phi) is 5.54. The van der Waals surface area contributed by atoms with Gasteiger partial charge in [-0.05, 0) is 44.2 Å². The predicted octanol–water partition coefficient (Wildman–Crippen LogP) is 2.82. The van der Waals surface area contributed by atoms with E-state index >= 15 is 0 Å². The molecule has 0 amide bonds. The van der Waals surface area contributed by atoms with Gasteiger partial charge in [0.05, 0.1) is 0 Å². The molecule has 1 fully saturated rings. The lowest BCUT2D eigenvalue weighted by Gasteiger charge is -2.21. The molecule has 0 spiro atoms. The molecule has 1 aliphatic rings. The average Bonchev–Trinajstić information content (AvgIpc) is 2.65. The van der Waals surface area contributed by atoms with E-state index in [9.17, 15) is 0 Å². The van der Waals surface area contributed by atoms with Gasteiger partial charge in [-0.1, -0.05) is 29.8 Å². The smallest absolute Gasteiger partial charge is 0.0307 e. The number of aryl methyl sites for hydroxylation is 1. The molecule has 3 heteroatoms. The Morgan fingerprint density at radius 2 is 2.00 bits per heavy atom. The van der Waals surface area contributed by atoms with Crippen LogP contribution in [-0.4, -0.2) is 36.0 Å². The van der Waals surface area contributed by atoms with Crippen molar-refractivity contribution in [1.29, 1.82) is 0 Å². The Labute approximate surface area is 115 Å². The summed E-state index contributed by atoms with van der Waals surface area (Å²) in [6, 6.07) is 8.81. The van der Waals surface area contributed by atoms with E-state index in [1.54, 1.807) is 0 Å². The first-order valence-electron chi connectivity index (χ1n) is 6.88. The lowest BCUT2D eigenvalue weighted by molar-refractivity contribution is 0.283. The summed E-state index contributed by atoms with van der Waals surface area (Å²) in [5.74, 6) is 2.60. The third-order valence-electron chi connectivity index (χ3n) is 3.58. The minimum Gasteiger partial charge on any atom is -0.324 e. The summed E-state index contributed by atoms with van der Waals surface area (Å²) >= 11 is 2.08. The zero-order chi connectivity index (χ0) is 12.8. The summed E-state index contributed by atoms with van der Waals surface area (Å²) in [6.45, 7) is 5.72. The van der Waals surface area contributed by atoms with E-state index in [4.69, 9.17) is 5.73 Å². The average molecular weight is 264 g/mol. The van der Waals surface area contributed by atoms with Crippen molar-refractivity contribution in [1.82, 2.24) is 4.90 Å². The van der Waals surface area contributed by atoms with Crippen LogP contribution >= 0.6 is 11.8 Å². The molecule has 2 N–H and O–H groups in total. The van der Waals surface area contributed by atoms with E-state index in [0.29, 0.717) is 0 Å². The van der Waals surface area contributed by atoms with Gasteiger partial charge in [-0.3, -0.25) is 0 Å². The van der Waals surface area contributed by atoms with Crippen LogP contribution < -0.4 is 5.73 Å². The van der Waals surface area contributed by atoms with Gasteiger partial charge in [0, 0.05) is 18.3 Å². The molecule has 1 saturated heterocycles. The molecule has 18 heavy (non-hydrogen) atoms. The van der Waals surface area contributed by atoms with E-state index in [1.165, 1.54) is 42.1 Å². The summed E-state index contributed by atoms with van der Waals surface area (Å²) < 4.78 is 0. The van der Waals surface area contributed by atoms with Crippen molar-refractivity contribution in [3.8, 4) is 0 Å². The Hall–Kier alpha value is -0.510. The van der Waals surface area contributed by atoms with Crippen LogP contribution in [0.5, 0.6) is 0 Å². The summed E-state index contributed by atoms with van der Waals surface area (Å²) in [6.07, 6.45) is 2.39. The van der Waals surface area contributed by atoms with Gasteiger partial charge in [0.25, 0.3) is 0 Å². The molecule has 0 saturated carbocycles. The van der Waals surface area contributed by atoms with E-state index in [-0.39, 0.29) is 6.04 Å². The summed E-state index contributed by atoms with van der Waals surface area (Å²) in [5.41, 5.74) is 8.84. The van der Waals surface area contributed by atoms with Crippen molar-refractivity contribution in [2.24, 2.45) is 5.73 Å². The van der Waals surface area contributed by atoms with Crippen LogP contribution in [0.3, 0.4) is 0 Å². The van der Waals surface area contributed by atoms with Crippen LogP contribution in [0.4, 0.5) is 0 Å². The lowest BCUT2D eigenvalue weighted by atomic mass is 10.0. The normalized spacial score (nSPS) is 19.4. The van der Waals surface area contributed by atoms with Gasteiger partial charge in [-0.25, -0.2) is 0 Å². The van der Waals surface area contributed by atoms with Crippen molar-refractivity contribution < 1.29 is 0 Å². The highest BCUT2D eigenvalue weighted by molar-refractivity contribution is 7.99. The largest absolute Gasteiger partial charge is 0.324 e. The van der Waals surface area contributed by atoms with E-state index < -0.39 is 0 Å². The van der Waals surface area contributed by atoms with Gasteiger partial charge < -0.3 is 10.6 Å². The van der Waals surface area contributed by atoms with Crippen LogP contribution in [0.15, 0.2) is 24.3 Å². The maximum atomic E-state index is 6.27. The van der Waals surface area contributed by atoms with Crippen LogP contribution in [0.1, 0.15) is 30.0 Å². The monoisotopic (exact) mass is 264 g/mol. The fraction of sp³-hybridized carbons (Fsp3) is 0.600. The molecule has 1 aromatic rings. The van der Waals surface area contributed by atoms with Gasteiger partial charge in [-0.2, -0.15) is 11.8 Å². The Bertz CT molecular complexity index is 342. The van der Waals surface area contributed by atoms with Gasteiger partial charge in [0.1, 0.15) is 0 Å². The molecule has 100 valence electrons. The molecule has 1 heterocycles. The standard InChI is InChI=1S/C15H24N2S/c1-13-3-5-14(6-4-13)15(16)7-9-17-8-2-11-18-12-10-17/h3-6,15H,2,7-12,16H2,1H3. The van der Waals surface area contributed by atoms with Crippen molar-refractivity contribution in [3.05, 3.63) is 35.4 Å². The van der Waals surface area contributed by atoms with Gasteiger partial charge in [0.2, 0.25) is 0 Å². The minimum atomic E-state index is 0.182. The Balaban J connectivity index is 1.80. The van der Waals surface area contributed by atoms with Gasteiger partial charge in [0.15, 0.2) is 0 Å². The number of benzene rings is 1. The van der Waals surface area contributed by atoms with Crippen molar-refractivity contribution in [2.45, 2.75) is 25.8 Å². The van der Waals surface area contributed by atoms with Crippen LogP contribution in [0.25, 0.3) is 0 Å². The quantitative estimate of drug-likeness (QED) is 0.907. The lowest BCUT2D eigenvalue weighted by Crippen LogP contribution is -2.29. The topological polar surface area (TPSA) is 29.3 Å². The summed E-state index contributed by atoms with van der Waals surface area (Å²) in [5, 5.41) is 0. The Morgan fingerprint density at radius 1 is 1.22 bits per heavy atom. The summed E-state index contributed by atoms with van der Waals surface area (Å²) in [4.78, 5) is 2.56. The maximum absolute atomic E-state index is 6.27. The first kappa shape index (κ1) is 13.9. The second kappa shape index (κ2) is 7.17. The van der Waals surface area contributed by atoms with E-state index in [0.717, 1.165) is 13.0 Å². The second-order valence-corrected chi connectivity index (χ2v) is 6.34. The van der Waals surface area contributed by atoms with Gasteiger partial charge >= 0.3 is 0 Å². The molecule has 0 aromatic heterocycles. The summed E-state index contributed by atoms with van der Waals surface area (Å²) in [7, 11) is 0. The SMILES string of the molecule is Cc1ccc(C(N)CCN2CCCSCC2)cc1. The zero-order valence-electron chi connectivity index (χ0n) is 11.3. The molecule has 1 atom stereocenters. The van der Waals surface area contributed by atoms with Crippen molar-refractivity contribution in [2.75, 3.05) is 31.1 Å². The molecular formula is C15H24N2S. The van der Waals surface area contributed by atoms with Crippen LogP contribution in [0, 0.1) is 6.92 Å². The van der Waals surface area contributed by atoms with Crippen molar-refractivity contribution >= 4 is 11.8 Å². The fourth-order valence-electron chi connectivity index (χ4n) is 2.32. The van der Waals surface area contributed by atoms with E-state index in [1.807, 2.05) is 0 Å². The Morgan fingerprint density at radius 3 is 2.78 bits per heavy atom. The zero-order valence-corrected chi connectivity index (χ0v) is 12.1. The third kappa shape index (κ3) is 4.30. The second-order valence-electron chi connectivity index (χ2n) is 5.11. The highest BCUT2D eigenvalue weighted by atomic mass is 32.2. The molecular weight excluding hydrogens is 240 g/mol. The highest BCUT2D eigenvalue weighted by Crippen LogP contribution is 2.16. The molecule has 1 unspecified atom stereocenters. The molecule has 0 aliphatic carbocycles. The number of nitrogens with zero attached hydrogens (tertiary/aromatic N) is 1. The number of hydrogen-bond donors (Lipinski definition) is 1. The van der Waals surface area contributed by atoms with Gasteiger partial charge in [-0.15, -0.1) is 0 Å².